The molecule has 1 N–H and O–H groups in total. The lowest BCUT2D eigenvalue weighted by Crippen LogP contribution is -2.17. The second-order valence-electron chi connectivity index (χ2n) is 6.69. The maximum absolute atomic E-state index is 12.5. The van der Waals surface area contributed by atoms with Crippen LogP contribution in [0.5, 0.6) is 5.75 Å². The van der Waals surface area contributed by atoms with Gasteiger partial charge in [0, 0.05) is 10.0 Å². The molecule has 6 heteroatoms. The second kappa shape index (κ2) is 9.36. The predicted molar refractivity (Wildman–Crippen MR) is 125 cm³/mol. The van der Waals surface area contributed by atoms with Crippen molar-refractivity contribution in [3.8, 4) is 5.75 Å². The number of rotatable bonds is 5. The third kappa shape index (κ3) is 5.05. The zero-order valence-corrected chi connectivity index (χ0v) is 17.9. The van der Waals surface area contributed by atoms with E-state index in [0.717, 1.165) is 20.8 Å². The Morgan fingerprint density at radius 3 is 2.32 bits per heavy atom. The molecule has 0 heterocycles. The minimum atomic E-state index is -0.434. The Balaban J connectivity index is 1.38. The van der Waals surface area contributed by atoms with Crippen molar-refractivity contribution in [3.63, 3.8) is 0 Å². The summed E-state index contributed by atoms with van der Waals surface area (Å²) in [5.74, 6) is -0.297. The smallest absolute Gasteiger partial charge is 0.343 e. The lowest BCUT2D eigenvalue weighted by Gasteiger charge is -2.05. The summed E-state index contributed by atoms with van der Waals surface area (Å²) in [6.07, 6.45) is 1.53. The molecule has 0 fully saturated rings. The Morgan fingerprint density at radius 1 is 0.839 bits per heavy atom. The standard InChI is InChI=1S/C25H17BrN2O3/c26-20-12-10-19(11-13-20)25(30)31-21-14-8-17(9-15-21)16-27-28-24(29)23-7-3-5-18-4-1-2-6-22(18)23/h1-16H,(H,28,29)/b27-16+. The van der Waals surface area contributed by atoms with Crippen LogP contribution in [0.15, 0.2) is 101 Å². The molecule has 0 radical (unpaired) electrons. The highest BCUT2D eigenvalue weighted by molar-refractivity contribution is 9.10. The number of fused-ring (bicyclic) bond motifs is 1. The number of benzene rings is 4. The van der Waals surface area contributed by atoms with Crippen LogP contribution in [-0.4, -0.2) is 18.1 Å². The van der Waals surface area contributed by atoms with E-state index in [0.29, 0.717) is 16.9 Å². The number of nitrogens with one attached hydrogen (secondary N) is 1. The van der Waals surface area contributed by atoms with Crippen molar-refractivity contribution in [1.82, 2.24) is 5.43 Å². The van der Waals surface area contributed by atoms with Crippen LogP contribution in [-0.2, 0) is 0 Å². The van der Waals surface area contributed by atoms with Crippen LogP contribution >= 0.6 is 15.9 Å². The number of amides is 1. The van der Waals surface area contributed by atoms with E-state index in [4.69, 9.17) is 4.74 Å². The average Bonchev–Trinajstić information content (AvgIpc) is 2.80. The molecule has 4 aromatic rings. The number of halogens is 1. The maximum atomic E-state index is 12.5. The summed E-state index contributed by atoms with van der Waals surface area (Å²) in [4.78, 5) is 24.7. The lowest BCUT2D eigenvalue weighted by atomic mass is 10.0. The van der Waals surface area contributed by atoms with E-state index in [2.05, 4.69) is 26.5 Å². The van der Waals surface area contributed by atoms with E-state index in [1.54, 1.807) is 54.6 Å². The molecular weight excluding hydrogens is 456 g/mol. The van der Waals surface area contributed by atoms with Crippen molar-refractivity contribution in [1.29, 1.82) is 0 Å². The number of ether oxygens (including phenoxy) is 1. The number of carbonyl (C=O) groups excluding carboxylic acids is 2. The molecule has 0 saturated carbocycles. The monoisotopic (exact) mass is 472 g/mol. The Labute approximate surface area is 187 Å². The third-order valence-corrected chi connectivity index (χ3v) is 5.11. The number of nitrogens with zero attached hydrogens (tertiary/aromatic N) is 1. The number of hydrogen-bond donors (Lipinski definition) is 1. The van der Waals surface area contributed by atoms with E-state index < -0.39 is 5.97 Å². The fourth-order valence-corrected chi connectivity index (χ4v) is 3.29. The number of hydrogen-bond acceptors (Lipinski definition) is 4. The van der Waals surface area contributed by atoms with E-state index >= 15 is 0 Å². The minimum Gasteiger partial charge on any atom is -0.423 e. The largest absolute Gasteiger partial charge is 0.423 e. The van der Waals surface area contributed by atoms with Crippen LogP contribution < -0.4 is 10.2 Å². The third-order valence-electron chi connectivity index (χ3n) is 4.58. The van der Waals surface area contributed by atoms with Gasteiger partial charge in [-0.2, -0.15) is 5.10 Å². The molecule has 1 amide bonds. The molecule has 0 aliphatic heterocycles. The van der Waals surface area contributed by atoms with Gasteiger partial charge in [0.15, 0.2) is 0 Å². The molecule has 4 aromatic carbocycles. The van der Waals surface area contributed by atoms with Gasteiger partial charge >= 0.3 is 5.97 Å². The fraction of sp³-hybridized carbons (Fsp3) is 0. The molecule has 152 valence electrons. The van der Waals surface area contributed by atoms with Crippen LogP contribution in [0.3, 0.4) is 0 Å². The van der Waals surface area contributed by atoms with Gasteiger partial charge in [0.25, 0.3) is 5.91 Å². The van der Waals surface area contributed by atoms with Gasteiger partial charge in [0.1, 0.15) is 5.75 Å². The van der Waals surface area contributed by atoms with Crippen molar-refractivity contribution in [2.24, 2.45) is 5.10 Å². The van der Waals surface area contributed by atoms with Gasteiger partial charge in [-0.1, -0.05) is 52.3 Å². The van der Waals surface area contributed by atoms with Gasteiger partial charge in [-0.25, -0.2) is 10.2 Å². The van der Waals surface area contributed by atoms with Crippen molar-refractivity contribution >= 4 is 44.8 Å². The van der Waals surface area contributed by atoms with Crippen LogP contribution in [0, 0.1) is 0 Å². The van der Waals surface area contributed by atoms with Gasteiger partial charge in [-0.15, -0.1) is 0 Å². The van der Waals surface area contributed by atoms with Crippen molar-refractivity contribution in [2.45, 2.75) is 0 Å². The molecule has 4 rings (SSSR count). The maximum Gasteiger partial charge on any atom is 0.343 e. The summed E-state index contributed by atoms with van der Waals surface area (Å²) < 4.78 is 6.26. The number of hydrazone groups is 1. The predicted octanol–water partition coefficient (Wildman–Crippen LogP) is 5.59. The first-order valence-electron chi connectivity index (χ1n) is 9.49. The molecule has 0 unspecified atom stereocenters. The van der Waals surface area contributed by atoms with Crippen LogP contribution in [0.2, 0.25) is 0 Å². The molecule has 0 aliphatic rings. The summed E-state index contributed by atoms with van der Waals surface area (Å²) in [6.45, 7) is 0. The topological polar surface area (TPSA) is 67.8 Å². The Kier molecular flexibility index (Phi) is 6.19. The zero-order chi connectivity index (χ0) is 21.6. The molecule has 0 atom stereocenters. The molecule has 31 heavy (non-hydrogen) atoms. The van der Waals surface area contributed by atoms with Gasteiger partial charge in [-0.05, 0) is 70.9 Å². The molecule has 0 aliphatic carbocycles. The first kappa shape index (κ1) is 20.5. The number of carbonyl (C=O) groups is 2. The van der Waals surface area contributed by atoms with Crippen molar-refractivity contribution in [2.75, 3.05) is 0 Å². The molecule has 0 bridgehead atoms. The van der Waals surface area contributed by atoms with Gasteiger partial charge in [0.05, 0.1) is 11.8 Å². The second-order valence-corrected chi connectivity index (χ2v) is 7.61. The first-order chi connectivity index (χ1) is 15.1. The quantitative estimate of drug-likeness (QED) is 0.178. The molecular formula is C25H17BrN2O3. The van der Waals surface area contributed by atoms with E-state index in [-0.39, 0.29) is 5.91 Å². The van der Waals surface area contributed by atoms with Crippen LogP contribution in [0.4, 0.5) is 0 Å². The minimum absolute atomic E-state index is 0.284. The van der Waals surface area contributed by atoms with Gasteiger partial charge in [0.2, 0.25) is 0 Å². The van der Waals surface area contributed by atoms with Crippen molar-refractivity contribution in [3.05, 3.63) is 112 Å². The fourth-order valence-electron chi connectivity index (χ4n) is 3.02. The first-order valence-corrected chi connectivity index (χ1v) is 10.3. The van der Waals surface area contributed by atoms with Crippen LogP contribution in [0.1, 0.15) is 26.3 Å². The summed E-state index contributed by atoms with van der Waals surface area (Å²) in [5.41, 5.74) is 4.33. The molecule has 0 spiro atoms. The van der Waals surface area contributed by atoms with Crippen LogP contribution in [0.25, 0.3) is 10.8 Å². The highest BCUT2D eigenvalue weighted by Crippen LogP contribution is 2.18. The Bertz CT molecular complexity index is 1260. The highest BCUT2D eigenvalue weighted by atomic mass is 79.9. The summed E-state index contributed by atoms with van der Waals surface area (Å²) in [7, 11) is 0. The Morgan fingerprint density at radius 2 is 1.55 bits per heavy atom. The zero-order valence-electron chi connectivity index (χ0n) is 16.3. The highest BCUT2D eigenvalue weighted by Gasteiger charge is 2.09. The summed E-state index contributed by atoms with van der Waals surface area (Å²) in [6, 6.07) is 27.0. The van der Waals surface area contributed by atoms with E-state index in [9.17, 15) is 9.59 Å². The van der Waals surface area contributed by atoms with Gasteiger partial charge < -0.3 is 4.74 Å². The number of esters is 1. The molecule has 0 saturated heterocycles. The average molecular weight is 473 g/mol. The summed E-state index contributed by atoms with van der Waals surface area (Å²) in [5, 5.41) is 5.90. The van der Waals surface area contributed by atoms with E-state index in [1.165, 1.54) is 6.21 Å². The Hall–Kier alpha value is -3.77. The van der Waals surface area contributed by atoms with E-state index in [1.807, 2.05) is 36.4 Å². The summed E-state index contributed by atoms with van der Waals surface area (Å²) >= 11 is 3.33. The lowest BCUT2D eigenvalue weighted by molar-refractivity contribution is 0.0734. The van der Waals surface area contributed by atoms with Crippen molar-refractivity contribution < 1.29 is 14.3 Å². The molecule has 0 aromatic heterocycles. The normalized spacial score (nSPS) is 10.9. The SMILES string of the molecule is O=C(Oc1ccc(/C=N/NC(=O)c2cccc3ccccc23)cc1)c1ccc(Br)cc1. The molecule has 5 nitrogen and oxygen atoms in total. The van der Waals surface area contributed by atoms with Gasteiger partial charge in [-0.3, -0.25) is 4.79 Å².